The first-order valence-corrected chi connectivity index (χ1v) is 7.04. The second kappa shape index (κ2) is 8.12. The molecule has 2 atom stereocenters. The summed E-state index contributed by atoms with van der Waals surface area (Å²) in [6.07, 6.45) is 3.84. The molecule has 6 heteroatoms. The maximum atomic E-state index is 11.7. The average Bonchev–Trinajstić information content (AvgIpc) is 2.44. The van der Waals surface area contributed by atoms with Crippen LogP contribution in [-0.4, -0.2) is 55.6 Å². The van der Waals surface area contributed by atoms with Crippen molar-refractivity contribution in [2.75, 3.05) is 26.7 Å². The van der Waals surface area contributed by atoms with Gasteiger partial charge in [0.1, 0.15) is 0 Å². The van der Waals surface area contributed by atoms with Crippen LogP contribution in [0.25, 0.3) is 0 Å². The minimum atomic E-state index is -0.470. The first-order valence-electron chi connectivity index (χ1n) is 7.04. The van der Waals surface area contributed by atoms with Gasteiger partial charge in [-0.05, 0) is 39.8 Å². The summed E-state index contributed by atoms with van der Waals surface area (Å²) in [5, 5.41) is 7.80. The predicted octanol–water partition coefficient (Wildman–Crippen LogP) is 0.295. The number of rotatable bonds is 5. The Labute approximate surface area is 115 Å². The predicted molar refractivity (Wildman–Crippen MR) is 74.9 cm³/mol. The van der Waals surface area contributed by atoms with E-state index in [1.54, 1.807) is 6.92 Å². The van der Waals surface area contributed by atoms with Gasteiger partial charge in [-0.15, -0.1) is 0 Å². The second-order valence-corrected chi connectivity index (χ2v) is 5.14. The third kappa shape index (κ3) is 5.57. The largest absolute Gasteiger partial charge is 0.341 e. The van der Waals surface area contributed by atoms with Gasteiger partial charge in [0.05, 0.1) is 6.04 Å². The number of carbonyl (C=O) groups excluding carboxylic acids is 2. The summed E-state index contributed by atoms with van der Waals surface area (Å²) in [5.74, 6) is -0.301. The highest BCUT2D eigenvalue weighted by Gasteiger charge is 2.19. The number of imide groups is 1. The van der Waals surface area contributed by atoms with E-state index >= 15 is 0 Å². The molecule has 1 fully saturated rings. The zero-order chi connectivity index (χ0) is 14.3. The minimum absolute atomic E-state index is 0.301. The number of hydrogen-bond donors (Lipinski definition) is 3. The van der Waals surface area contributed by atoms with E-state index in [9.17, 15) is 9.59 Å². The lowest BCUT2D eigenvalue weighted by atomic mass is 10.1. The van der Waals surface area contributed by atoms with Gasteiger partial charge in [-0.25, -0.2) is 4.79 Å². The summed E-state index contributed by atoms with van der Waals surface area (Å²) in [4.78, 5) is 25.1. The molecular formula is C13H26N4O2. The number of amides is 3. The van der Waals surface area contributed by atoms with Crippen LogP contribution in [0.3, 0.4) is 0 Å². The van der Waals surface area contributed by atoms with E-state index in [0.29, 0.717) is 6.04 Å². The maximum Gasteiger partial charge on any atom is 0.321 e. The second-order valence-electron chi connectivity index (χ2n) is 5.14. The fourth-order valence-corrected chi connectivity index (χ4v) is 2.21. The standard InChI is InChI=1S/C13H26N4O2/c1-10(17-7-5-4-6-8-17)9-15-11(2)12(18)16-13(19)14-3/h10-11,15H,4-9H2,1-3H3,(H2,14,16,18,19). The Balaban J connectivity index is 2.26. The number of urea groups is 1. The minimum Gasteiger partial charge on any atom is -0.341 e. The van der Waals surface area contributed by atoms with E-state index in [4.69, 9.17) is 0 Å². The van der Waals surface area contributed by atoms with Crippen molar-refractivity contribution in [3.05, 3.63) is 0 Å². The van der Waals surface area contributed by atoms with Crippen LogP contribution in [0.2, 0.25) is 0 Å². The van der Waals surface area contributed by atoms with E-state index in [1.807, 2.05) is 0 Å². The molecule has 110 valence electrons. The Morgan fingerprint density at radius 3 is 2.37 bits per heavy atom. The molecule has 0 bridgehead atoms. The number of likely N-dealkylation sites (tertiary alicyclic amines) is 1. The highest BCUT2D eigenvalue weighted by atomic mass is 16.2. The van der Waals surface area contributed by atoms with Gasteiger partial charge in [-0.1, -0.05) is 6.42 Å². The number of hydrogen-bond acceptors (Lipinski definition) is 4. The number of carbonyl (C=O) groups is 2. The van der Waals surface area contributed by atoms with E-state index in [0.717, 1.165) is 19.6 Å². The van der Waals surface area contributed by atoms with Crippen LogP contribution >= 0.6 is 0 Å². The van der Waals surface area contributed by atoms with Crippen LogP contribution in [0.15, 0.2) is 0 Å². The van der Waals surface area contributed by atoms with Crippen LogP contribution in [0, 0.1) is 0 Å². The third-order valence-electron chi connectivity index (χ3n) is 3.59. The van der Waals surface area contributed by atoms with E-state index in [1.165, 1.54) is 26.3 Å². The molecule has 0 aromatic carbocycles. The van der Waals surface area contributed by atoms with Crippen LogP contribution in [-0.2, 0) is 4.79 Å². The molecule has 0 saturated carbocycles. The van der Waals surface area contributed by atoms with Gasteiger partial charge in [-0.3, -0.25) is 15.0 Å². The first kappa shape index (κ1) is 15.9. The molecule has 1 saturated heterocycles. The van der Waals surface area contributed by atoms with Crippen LogP contribution < -0.4 is 16.0 Å². The van der Waals surface area contributed by atoms with Crippen LogP contribution in [0.5, 0.6) is 0 Å². The summed E-state index contributed by atoms with van der Waals surface area (Å²) in [7, 11) is 1.49. The molecule has 0 aromatic rings. The van der Waals surface area contributed by atoms with Crippen molar-refractivity contribution in [2.45, 2.75) is 45.2 Å². The molecule has 0 radical (unpaired) electrons. The monoisotopic (exact) mass is 270 g/mol. The zero-order valence-corrected chi connectivity index (χ0v) is 12.2. The fraction of sp³-hybridized carbons (Fsp3) is 0.846. The lowest BCUT2D eigenvalue weighted by Gasteiger charge is -2.33. The molecule has 1 aliphatic heterocycles. The summed E-state index contributed by atoms with van der Waals surface area (Å²) in [6, 6.07) is -0.428. The smallest absolute Gasteiger partial charge is 0.321 e. The zero-order valence-electron chi connectivity index (χ0n) is 12.2. The van der Waals surface area contributed by atoms with Crippen molar-refractivity contribution in [1.82, 2.24) is 20.9 Å². The van der Waals surface area contributed by atoms with Gasteiger partial charge in [0.2, 0.25) is 5.91 Å². The summed E-state index contributed by atoms with van der Waals surface area (Å²) < 4.78 is 0. The number of nitrogens with zero attached hydrogens (tertiary/aromatic N) is 1. The lowest BCUT2D eigenvalue weighted by molar-refractivity contribution is -0.121. The van der Waals surface area contributed by atoms with Gasteiger partial charge in [0.25, 0.3) is 0 Å². The molecule has 0 aliphatic carbocycles. The molecule has 1 aliphatic rings. The van der Waals surface area contributed by atoms with Gasteiger partial charge in [-0.2, -0.15) is 0 Å². The van der Waals surface area contributed by atoms with Crippen molar-refractivity contribution in [3.63, 3.8) is 0 Å². The molecular weight excluding hydrogens is 244 g/mol. The molecule has 6 nitrogen and oxygen atoms in total. The van der Waals surface area contributed by atoms with Crippen molar-refractivity contribution >= 4 is 11.9 Å². The first-order chi connectivity index (χ1) is 9.04. The Morgan fingerprint density at radius 2 is 1.79 bits per heavy atom. The molecule has 0 spiro atoms. The van der Waals surface area contributed by atoms with E-state index in [2.05, 4.69) is 27.8 Å². The average molecular weight is 270 g/mol. The van der Waals surface area contributed by atoms with Gasteiger partial charge >= 0.3 is 6.03 Å². The highest BCUT2D eigenvalue weighted by Crippen LogP contribution is 2.11. The maximum absolute atomic E-state index is 11.7. The third-order valence-corrected chi connectivity index (χ3v) is 3.59. The summed E-state index contributed by atoms with van der Waals surface area (Å²) in [6.45, 7) is 6.97. The fourth-order valence-electron chi connectivity index (χ4n) is 2.21. The quantitative estimate of drug-likeness (QED) is 0.671. The Bertz CT molecular complexity index is 303. The molecule has 2 unspecified atom stereocenters. The van der Waals surface area contributed by atoms with Gasteiger partial charge in [0.15, 0.2) is 0 Å². The SMILES string of the molecule is CNC(=O)NC(=O)C(C)NCC(C)N1CCCCC1. The summed E-state index contributed by atoms with van der Waals surface area (Å²) in [5.41, 5.74) is 0. The normalized spacial score (nSPS) is 19.5. The van der Waals surface area contributed by atoms with Crippen LogP contribution in [0.1, 0.15) is 33.1 Å². The highest BCUT2D eigenvalue weighted by molar-refractivity contribution is 5.96. The lowest BCUT2D eigenvalue weighted by Crippen LogP contribution is -2.51. The van der Waals surface area contributed by atoms with Gasteiger partial charge in [0, 0.05) is 19.6 Å². The Hall–Kier alpha value is -1.14. The summed E-state index contributed by atoms with van der Waals surface area (Å²) >= 11 is 0. The van der Waals surface area contributed by atoms with Gasteiger partial charge < -0.3 is 10.6 Å². The molecule has 1 heterocycles. The number of nitrogens with one attached hydrogen (secondary N) is 3. The van der Waals surface area contributed by atoms with Crippen molar-refractivity contribution < 1.29 is 9.59 Å². The van der Waals surface area contributed by atoms with Crippen LogP contribution in [0.4, 0.5) is 4.79 Å². The van der Waals surface area contributed by atoms with Crippen molar-refractivity contribution in [3.8, 4) is 0 Å². The molecule has 1 rings (SSSR count). The Morgan fingerprint density at radius 1 is 1.16 bits per heavy atom. The topological polar surface area (TPSA) is 73.5 Å². The van der Waals surface area contributed by atoms with Crippen molar-refractivity contribution in [2.24, 2.45) is 0 Å². The Kier molecular flexibility index (Phi) is 6.80. The molecule has 3 N–H and O–H groups in total. The van der Waals surface area contributed by atoms with Crippen molar-refractivity contribution in [1.29, 1.82) is 0 Å². The van der Waals surface area contributed by atoms with E-state index < -0.39 is 6.03 Å². The molecule has 0 aromatic heterocycles. The molecule has 3 amide bonds. The molecule has 19 heavy (non-hydrogen) atoms. The van der Waals surface area contributed by atoms with E-state index in [-0.39, 0.29) is 11.9 Å². The number of piperidine rings is 1.